The van der Waals surface area contributed by atoms with E-state index in [1.54, 1.807) is 11.3 Å². The molecule has 2 aromatic rings. The number of hydrogen-bond acceptors (Lipinski definition) is 3. The summed E-state index contributed by atoms with van der Waals surface area (Å²) in [5.41, 5.74) is 1.34. The van der Waals surface area contributed by atoms with Crippen LogP contribution in [0.4, 0.5) is 0 Å². The maximum absolute atomic E-state index is 6.17. The molecule has 0 aliphatic carbocycles. The van der Waals surface area contributed by atoms with Gasteiger partial charge in [-0.1, -0.05) is 0 Å². The molecule has 92 valence electrons. The molecule has 0 unspecified atom stereocenters. The van der Waals surface area contributed by atoms with E-state index in [0.717, 1.165) is 43.1 Å². The number of hydrogen-bond donors (Lipinski definition) is 0. The summed E-state index contributed by atoms with van der Waals surface area (Å²) in [7, 11) is 0. The lowest BCUT2D eigenvalue weighted by Gasteiger charge is -2.34. The monoisotopic (exact) mass is 270 g/mol. The summed E-state index contributed by atoms with van der Waals surface area (Å²) in [5, 5.41) is 2.05. The first-order chi connectivity index (χ1) is 8.31. The van der Waals surface area contributed by atoms with Crippen LogP contribution in [0.2, 0.25) is 0 Å². The van der Waals surface area contributed by atoms with Gasteiger partial charge in [0.2, 0.25) is 0 Å². The summed E-state index contributed by atoms with van der Waals surface area (Å²) in [5.74, 6) is 0.696. The van der Waals surface area contributed by atoms with Gasteiger partial charge in [-0.15, -0.1) is 22.9 Å². The van der Waals surface area contributed by atoms with E-state index in [9.17, 15) is 0 Å². The molecule has 0 radical (unpaired) electrons. The first-order valence-corrected chi connectivity index (χ1v) is 7.28. The number of halogens is 1. The molecule has 1 fully saturated rings. The molecular weight excluding hydrogens is 256 g/mol. The summed E-state index contributed by atoms with van der Waals surface area (Å²) in [4.78, 5) is 5.71. The third-order valence-electron chi connectivity index (χ3n) is 3.54. The zero-order valence-electron chi connectivity index (χ0n) is 9.56. The Balaban J connectivity index is 1.82. The van der Waals surface area contributed by atoms with Crippen molar-refractivity contribution in [3.05, 3.63) is 23.5 Å². The minimum atomic E-state index is 0.184. The van der Waals surface area contributed by atoms with E-state index >= 15 is 0 Å². The second kappa shape index (κ2) is 4.59. The van der Waals surface area contributed by atoms with E-state index in [4.69, 9.17) is 16.3 Å². The minimum Gasteiger partial charge on any atom is -0.381 e. The van der Waals surface area contributed by atoms with Crippen LogP contribution in [-0.2, 0) is 11.2 Å². The molecule has 1 aliphatic heterocycles. The van der Waals surface area contributed by atoms with E-state index < -0.39 is 0 Å². The van der Waals surface area contributed by atoms with E-state index in [2.05, 4.69) is 21.0 Å². The second-order valence-corrected chi connectivity index (χ2v) is 5.89. The predicted molar refractivity (Wildman–Crippen MR) is 70.0 cm³/mol. The molecule has 0 N–H and O–H groups in total. The fourth-order valence-electron chi connectivity index (χ4n) is 2.41. The number of imidazole rings is 1. The van der Waals surface area contributed by atoms with Crippen LogP contribution in [0.5, 0.6) is 0 Å². The largest absolute Gasteiger partial charge is 0.381 e. The third-order valence-corrected chi connectivity index (χ3v) is 4.87. The van der Waals surface area contributed by atoms with E-state index in [-0.39, 0.29) is 5.41 Å². The summed E-state index contributed by atoms with van der Waals surface area (Å²) in [6, 6.07) is 0. The number of thiazole rings is 1. The van der Waals surface area contributed by atoms with Gasteiger partial charge in [0.15, 0.2) is 4.96 Å². The Morgan fingerprint density at radius 3 is 3.00 bits per heavy atom. The Morgan fingerprint density at radius 1 is 1.47 bits per heavy atom. The number of ether oxygens (including phenoxy) is 1. The first-order valence-electron chi connectivity index (χ1n) is 5.86. The van der Waals surface area contributed by atoms with Gasteiger partial charge in [0.25, 0.3) is 0 Å². The van der Waals surface area contributed by atoms with Gasteiger partial charge in [-0.05, 0) is 24.7 Å². The standard InChI is InChI=1S/C12H15ClN2OS/c13-9-12(1-4-16-5-2-12)7-10-8-15-3-6-17-11(15)14-10/h3,6,8H,1-2,4-5,7,9H2. The molecule has 2 aromatic heterocycles. The van der Waals surface area contributed by atoms with Crippen molar-refractivity contribution >= 4 is 27.9 Å². The Morgan fingerprint density at radius 2 is 2.29 bits per heavy atom. The lowest BCUT2D eigenvalue weighted by Crippen LogP contribution is -2.33. The van der Waals surface area contributed by atoms with Crippen LogP contribution in [0.1, 0.15) is 18.5 Å². The van der Waals surface area contributed by atoms with Crippen molar-refractivity contribution in [3.63, 3.8) is 0 Å². The smallest absolute Gasteiger partial charge is 0.193 e. The van der Waals surface area contributed by atoms with Crippen molar-refractivity contribution in [2.75, 3.05) is 19.1 Å². The molecule has 0 amide bonds. The van der Waals surface area contributed by atoms with Crippen LogP contribution in [-0.4, -0.2) is 28.5 Å². The van der Waals surface area contributed by atoms with Gasteiger partial charge >= 0.3 is 0 Å². The van der Waals surface area contributed by atoms with Crippen molar-refractivity contribution in [1.29, 1.82) is 0 Å². The Bertz CT molecular complexity index is 473. The van der Waals surface area contributed by atoms with Crippen LogP contribution >= 0.6 is 22.9 Å². The predicted octanol–water partition coefficient (Wildman–Crippen LogP) is 2.97. The molecule has 17 heavy (non-hydrogen) atoms. The van der Waals surface area contributed by atoms with Crippen molar-refractivity contribution in [3.8, 4) is 0 Å². The van der Waals surface area contributed by atoms with Crippen LogP contribution in [0, 0.1) is 5.41 Å². The maximum Gasteiger partial charge on any atom is 0.193 e. The van der Waals surface area contributed by atoms with Crippen molar-refractivity contribution in [2.24, 2.45) is 5.41 Å². The number of alkyl halides is 1. The summed E-state index contributed by atoms with van der Waals surface area (Å²) < 4.78 is 7.51. The van der Waals surface area contributed by atoms with E-state index in [0.29, 0.717) is 5.88 Å². The molecule has 0 bridgehead atoms. The molecule has 0 atom stereocenters. The molecule has 3 nitrogen and oxygen atoms in total. The highest BCUT2D eigenvalue weighted by Crippen LogP contribution is 2.35. The minimum absolute atomic E-state index is 0.184. The lowest BCUT2D eigenvalue weighted by atomic mass is 9.78. The summed E-state index contributed by atoms with van der Waals surface area (Å²) in [6.45, 7) is 1.66. The van der Waals surface area contributed by atoms with Crippen molar-refractivity contribution in [2.45, 2.75) is 19.3 Å². The number of rotatable bonds is 3. The van der Waals surface area contributed by atoms with Gasteiger partial charge in [-0.3, -0.25) is 4.40 Å². The Kier molecular flexibility index (Phi) is 3.11. The number of nitrogens with zero attached hydrogens (tertiary/aromatic N) is 2. The number of aromatic nitrogens is 2. The van der Waals surface area contributed by atoms with Gasteiger partial charge in [-0.25, -0.2) is 4.98 Å². The third kappa shape index (κ3) is 2.21. The fraction of sp³-hybridized carbons (Fsp3) is 0.583. The first kappa shape index (κ1) is 11.5. The molecule has 3 rings (SSSR count). The van der Waals surface area contributed by atoms with E-state index in [1.807, 2.05) is 6.20 Å². The molecule has 3 heterocycles. The average Bonchev–Trinajstić information content (AvgIpc) is 2.91. The lowest BCUT2D eigenvalue weighted by molar-refractivity contribution is 0.0254. The van der Waals surface area contributed by atoms with Gasteiger partial charge in [0.05, 0.1) is 5.69 Å². The van der Waals surface area contributed by atoms with Crippen LogP contribution in [0.15, 0.2) is 17.8 Å². The zero-order valence-corrected chi connectivity index (χ0v) is 11.1. The SMILES string of the molecule is ClCC1(Cc2cn3ccsc3n2)CCOCC1. The average molecular weight is 271 g/mol. The Hall–Kier alpha value is -0.580. The van der Waals surface area contributed by atoms with Gasteiger partial charge < -0.3 is 4.74 Å². The molecule has 1 aliphatic rings. The highest BCUT2D eigenvalue weighted by atomic mass is 35.5. The highest BCUT2D eigenvalue weighted by molar-refractivity contribution is 7.15. The van der Waals surface area contributed by atoms with Crippen molar-refractivity contribution in [1.82, 2.24) is 9.38 Å². The second-order valence-electron chi connectivity index (χ2n) is 4.75. The summed E-state index contributed by atoms with van der Waals surface area (Å²) in [6.07, 6.45) is 7.22. The van der Waals surface area contributed by atoms with Crippen LogP contribution in [0.25, 0.3) is 4.96 Å². The van der Waals surface area contributed by atoms with Crippen molar-refractivity contribution < 1.29 is 4.74 Å². The number of fused-ring (bicyclic) bond motifs is 1. The molecule has 0 saturated carbocycles. The van der Waals surface area contributed by atoms with Gasteiger partial charge in [0, 0.05) is 36.9 Å². The quantitative estimate of drug-likeness (QED) is 0.802. The molecule has 1 saturated heterocycles. The molecule has 5 heteroatoms. The zero-order chi connectivity index (χ0) is 11.7. The van der Waals surface area contributed by atoms with Crippen LogP contribution < -0.4 is 0 Å². The normalized spacial score (nSPS) is 19.8. The van der Waals surface area contributed by atoms with E-state index in [1.165, 1.54) is 0 Å². The Labute approximate surface area is 109 Å². The van der Waals surface area contributed by atoms with Crippen LogP contribution in [0.3, 0.4) is 0 Å². The fourth-order valence-corrected chi connectivity index (χ4v) is 3.49. The van der Waals surface area contributed by atoms with Gasteiger partial charge in [-0.2, -0.15) is 0 Å². The van der Waals surface area contributed by atoms with Gasteiger partial charge in [0.1, 0.15) is 0 Å². The molecular formula is C12H15ClN2OS. The maximum atomic E-state index is 6.17. The molecule has 0 spiro atoms. The summed E-state index contributed by atoms with van der Waals surface area (Å²) >= 11 is 7.84. The highest BCUT2D eigenvalue weighted by Gasteiger charge is 2.32. The topological polar surface area (TPSA) is 26.5 Å². The molecule has 0 aromatic carbocycles.